The summed E-state index contributed by atoms with van der Waals surface area (Å²) in [6.07, 6.45) is 0. The van der Waals surface area contributed by atoms with Crippen molar-refractivity contribution in [1.29, 1.82) is 0 Å². The number of hydrogen-bond donors (Lipinski definition) is 2. The summed E-state index contributed by atoms with van der Waals surface area (Å²) in [5.41, 5.74) is 1.12. The molecule has 0 heterocycles. The van der Waals surface area contributed by atoms with Crippen LogP contribution in [0.15, 0.2) is 48.5 Å². The first-order valence-electron chi connectivity index (χ1n) is 7.31. The summed E-state index contributed by atoms with van der Waals surface area (Å²) in [6, 6.07) is 13.2. The van der Waals surface area contributed by atoms with Crippen LogP contribution in [0.1, 0.15) is 33.2 Å². The van der Waals surface area contributed by atoms with E-state index in [2.05, 4.69) is 5.32 Å². The average molecular weight is 332 g/mol. The minimum absolute atomic E-state index is 0.00830. The Morgan fingerprint density at radius 1 is 1.09 bits per heavy atom. The maximum absolute atomic E-state index is 12.6. The van der Waals surface area contributed by atoms with E-state index in [9.17, 15) is 9.59 Å². The van der Waals surface area contributed by atoms with Gasteiger partial charge in [0.1, 0.15) is 0 Å². The molecule has 0 aromatic heterocycles. The van der Waals surface area contributed by atoms with Crippen molar-refractivity contribution >= 4 is 23.3 Å². The first-order chi connectivity index (χ1) is 11.0. The van der Waals surface area contributed by atoms with E-state index in [-0.39, 0.29) is 24.2 Å². The zero-order chi connectivity index (χ0) is 16.8. The first kappa shape index (κ1) is 17.2. The Kier molecular flexibility index (Phi) is 5.90. The molecular weight excluding hydrogens is 314 g/mol. The van der Waals surface area contributed by atoms with E-state index in [4.69, 9.17) is 16.7 Å². The molecule has 23 heavy (non-hydrogen) atoms. The molecule has 2 rings (SSSR count). The number of nitrogens with one attached hydrogen (secondary N) is 1. The predicted molar refractivity (Wildman–Crippen MR) is 89.9 cm³/mol. The molecule has 0 saturated heterocycles. The maximum Gasteiger partial charge on any atom is 0.252 e. The highest BCUT2D eigenvalue weighted by atomic mass is 35.5. The lowest BCUT2D eigenvalue weighted by atomic mass is 9.98. The average Bonchev–Trinajstić information content (AvgIpc) is 2.59. The molecule has 120 valence electrons. The highest BCUT2D eigenvalue weighted by Gasteiger charge is 2.18. The van der Waals surface area contributed by atoms with Crippen molar-refractivity contribution in [3.05, 3.63) is 70.2 Å². The lowest BCUT2D eigenvalue weighted by Crippen LogP contribution is -2.30. The zero-order valence-corrected chi connectivity index (χ0v) is 13.5. The van der Waals surface area contributed by atoms with Gasteiger partial charge in [-0.2, -0.15) is 0 Å². The summed E-state index contributed by atoms with van der Waals surface area (Å²) < 4.78 is 0. The Balaban J connectivity index is 2.24. The maximum atomic E-state index is 12.6. The summed E-state index contributed by atoms with van der Waals surface area (Å²) in [6.45, 7) is 2.16. The molecule has 0 bridgehead atoms. The van der Waals surface area contributed by atoms with E-state index in [1.165, 1.54) is 0 Å². The van der Waals surface area contributed by atoms with Crippen LogP contribution in [0.2, 0.25) is 5.02 Å². The second-order valence-electron chi connectivity index (χ2n) is 5.38. The standard InChI is InChI=1S/C18H18ClNO3/c1-12(11-21)10-20-18(23)16-5-3-2-4-15(16)17(22)13-6-8-14(19)9-7-13/h2-9,12,21H,10-11H2,1H3,(H,20,23). The van der Waals surface area contributed by atoms with Gasteiger partial charge in [0.25, 0.3) is 5.91 Å². The Morgan fingerprint density at radius 2 is 1.70 bits per heavy atom. The Hall–Kier alpha value is -2.17. The van der Waals surface area contributed by atoms with Crippen LogP contribution in [0.25, 0.3) is 0 Å². The van der Waals surface area contributed by atoms with Crippen LogP contribution in [0.3, 0.4) is 0 Å². The molecular formula is C18H18ClNO3. The molecule has 4 nitrogen and oxygen atoms in total. The lowest BCUT2D eigenvalue weighted by Gasteiger charge is -2.12. The summed E-state index contributed by atoms with van der Waals surface area (Å²) in [4.78, 5) is 24.9. The van der Waals surface area contributed by atoms with Crippen molar-refractivity contribution in [2.45, 2.75) is 6.92 Å². The summed E-state index contributed by atoms with van der Waals surface area (Å²) in [5.74, 6) is -0.607. The third kappa shape index (κ3) is 4.41. The van der Waals surface area contributed by atoms with Gasteiger partial charge in [-0.05, 0) is 36.2 Å². The van der Waals surface area contributed by atoms with Crippen LogP contribution in [0, 0.1) is 5.92 Å². The number of rotatable bonds is 6. The molecule has 0 saturated carbocycles. The molecule has 0 spiro atoms. The quantitative estimate of drug-likeness (QED) is 0.800. The number of halogens is 1. The molecule has 0 radical (unpaired) electrons. The molecule has 2 aromatic carbocycles. The van der Waals surface area contributed by atoms with E-state index in [1.807, 2.05) is 6.92 Å². The van der Waals surface area contributed by atoms with Crippen molar-refractivity contribution in [2.75, 3.05) is 13.2 Å². The Labute approximate surface area is 140 Å². The normalized spacial score (nSPS) is 11.8. The number of carbonyl (C=O) groups is 2. The molecule has 2 aromatic rings. The molecule has 0 aliphatic heterocycles. The van der Waals surface area contributed by atoms with Crippen molar-refractivity contribution in [3.8, 4) is 0 Å². The summed E-state index contributed by atoms with van der Waals surface area (Å²) in [7, 11) is 0. The number of amides is 1. The van der Waals surface area contributed by atoms with Crippen molar-refractivity contribution in [2.24, 2.45) is 5.92 Å². The Bertz CT molecular complexity index is 698. The van der Waals surface area contributed by atoms with Crippen LogP contribution in [0.5, 0.6) is 0 Å². The Morgan fingerprint density at radius 3 is 2.30 bits per heavy atom. The number of aliphatic hydroxyl groups is 1. The van der Waals surface area contributed by atoms with Gasteiger partial charge in [0, 0.05) is 29.3 Å². The smallest absolute Gasteiger partial charge is 0.252 e. The number of hydrogen-bond acceptors (Lipinski definition) is 3. The van der Waals surface area contributed by atoms with Gasteiger partial charge in [0.05, 0.1) is 5.56 Å². The van der Waals surface area contributed by atoms with Crippen molar-refractivity contribution in [3.63, 3.8) is 0 Å². The molecule has 2 N–H and O–H groups in total. The number of benzene rings is 2. The van der Waals surface area contributed by atoms with E-state index in [0.29, 0.717) is 28.3 Å². The third-order valence-corrected chi connectivity index (χ3v) is 3.70. The highest BCUT2D eigenvalue weighted by Crippen LogP contribution is 2.17. The van der Waals surface area contributed by atoms with Gasteiger partial charge in [0.2, 0.25) is 0 Å². The van der Waals surface area contributed by atoms with E-state index in [1.54, 1.807) is 48.5 Å². The molecule has 0 aliphatic carbocycles. The second kappa shape index (κ2) is 7.90. The number of carbonyl (C=O) groups excluding carboxylic acids is 2. The SMILES string of the molecule is CC(CO)CNC(=O)c1ccccc1C(=O)c1ccc(Cl)cc1. The molecule has 0 aliphatic rings. The molecule has 5 heteroatoms. The second-order valence-corrected chi connectivity index (χ2v) is 5.82. The van der Waals surface area contributed by atoms with Crippen LogP contribution >= 0.6 is 11.6 Å². The third-order valence-electron chi connectivity index (χ3n) is 3.45. The fraction of sp³-hybridized carbons (Fsp3) is 0.222. The zero-order valence-electron chi connectivity index (χ0n) is 12.8. The van der Waals surface area contributed by atoms with Crippen molar-refractivity contribution < 1.29 is 14.7 Å². The number of aliphatic hydroxyl groups excluding tert-OH is 1. The van der Waals surface area contributed by atoms with Crippen molar-refractivity contribution in [1.82, 2.24) is 5.32 Å². The van der Waals surface area contributed by atoms with Crippen LogP contribution in [-0.2, 0) is 0 Å². The minimum Gasteiger partial charge on any atom is -0.396 e. The van der Waals surface area contributed by atoms with Gasteiger partial charge in [0.15, 0.2) is 5.78 Å². The van der Waals surface area contributed by atoms with Gasteiger partial charge in [-0.1, -0.05) is 36.7 Å². The van der Waals surface area contributed by atoms with Gasteiger partial charge in [-0.25, -0.2) is 0 Å². The van der Waals surface area contributed by atoms with Crippen LogP contribution in [-0.4, -0.2) is 29.9 Å². The van der Waals surface area contributed by atoms with Gasteiger partial charge in [-0.15, -0.1) is 0 Å². The van der Waals surface area contributed by atoms with E-state index < -0.39 is 0 Å². The lowest BCUT2D eigenvalue weighted by molar-refractivity contribution is 0.0932. The van der Waals surface area contributed by atoms with Gasteiger partial charge < -0.3 is 10.4 Å². The van der Waals surface area contributed by atoms with E-state index in [0.717, 1.165) is 0 Å². The minimum atomic E-state index is -0.330. The highest BCUT2D eigenvalue weighted by molar-refractivity contribution is 6.30. The monoisotopic (exact) mass is 331 g/mol. The van der Waals surface area contributed by atoms with Gasteiger partial charge >= 0.3 is 0 Å². The van der Waals surface area contributed by atoms with Crippen LogP contribution < -0.4 is 5.32 Å². The largest absolute Gasteiger partial charge is 0.396 e. The molecule has 1 unspecified atom stereocenters. The number of ketones is 1. The molecule has 1 amide bonds. The summed E-state index contributed by atoms with van der Waals surface area (Å²) >= 11 is 5.83. The molecule has 1 atom stereocenters. The molecule has 0 fully saturated rings. The fourth-order valence-electron chi connectivity index (χ4n) is 2.06. The predicted octanol–water partition coefficient (Wildman–Crippen LogP) is 2.93. The van der Waals surface area contributed by atoms with E-state index >= 15 is 0 Å². The first-order valence-corrected chi connectivity index (χ1v) is 7.69. The van der Waals surface area contributed by atoms with Gasteiger partial charge in [-0.3, -0.25) is 9.59 Å². The van der Waals surface area contributed by atoms with Crippen LogP contribution in [0.4, 0.5) is 0 Å². The summed E-state index contributed by atoms with van der Waals surface area (Å²) in [5, 5.41) is 12.3. The fourth-order valence-corrected chi connectivity index (χ4v) is 2.19. The topological polar surface area (TPSA) is 66.4 Å².